The van der Waals surface area contributed by atoms with Crippen molar-refractivity contribution in [2.45, 2.75) is 26.5 Å². The zero-order valence-corrected chi connectivity index (χ0v) is 18.4. The van der Waals surface area contributed by atoms with E-state index in [1.807, 2.05) is 36.1 Å². The van der Waals surface area contributed by atoms with Crippen LogP contribution in [0, 0.1) is 5.92 Å². The Balaban J connectivity index is 1.82. The Bertz CT molecular complexity index is 728. The molecule has 0 aliphatic rings. The molecule has 0 aliphatic carbocycles. The van der Waals surface area contributed by atoms with Crippen molar-refractivity contribution < 1.29 is 4.74 Å². The van der Waals surface area contributed by atoms with Crippen molar-refractivity contribution in [2.24, 2.45) is 18.0 Å². The van der Waals surface area contributed by atoms with Gasteiger partial charge in [0.15, 0.2) is 5.96 Å². The molecule has 7 nitrogen and oxygen atoms in total. The molecule has 1 heterocycles. The molecule has 2 N–H and O–H groups in total. The van der Waals surface area contributed by atoms with Crippen LogP contribution in [0.3, 0.4) is 0 Å². The Morgan fingerprint density at radius 1 is 1.24 bits per heavy atom. The van der Waals surface area contributed by atoms with Crippen molar-refractivity contribution in [2.75, 3.05) is 40.3 Å². The Morgan fingerprint density at radius 2 is 2.00 bits per heavy atom. The normalized spacial score (nSPS) is 14.1. The van der Waals surface area contributed by atoms with Gasteiger partial charge in [0.25, 0.3) is 0 Å². The molecule has 0 radical (unpaired) electrons. The lowest BCUT2D eigenvalue weighted by molar-refractivity contribution is 0.0945. The average Bonchev–Trinajstić information content (AvgIpc) is 3.12. The van der Waals surface area contributed by atoms with E-state index in [1.54, 1.807) is 0 Å². The van der Waals surface area contributed by atoms with Crippen LogP contribution in [0.2, 0.25) is 0 Å². The molecule has 0 aliphatic heterocycles. The summed E-state index contributed by atoms with van der Waals surface area (Å²) in [5, 5.41) is 11.1. The number of aliphatic imine (C=N–C) groups is 1. The molecule has 29 heavy (non-hydrogen) atoms. The number of aryl methyl sites for hydroxylation is 1. The lowest BCUT2D eigenvalue weighted by Gasteiger charge is -2.24. The number of nitrogens with zero attached hydrogens (tertiary/aromatic N) is 4. The van der Waals surface area contributed by atoms with E-state index >= 15 is 0 Å². The quantitative estimate of drug-likeness (QED) is 0.448. The largest absolute Gasteiger partial charge is 0.376 e. The molecule has 1 aromatic carbocycles. The molecule has 0 fully saturated rings. The van der Waals surface area contributed by atoms with E-state index in [9.17, 15) is 0 Å². The lowest BCUT2D eigenvalue weighted by atomic mass is 10.1. The van der Waals surface area contributed by atoms with Gasteiger partial charge in [-0.15, -0.1) is 0 Å². The van der Waals surface area contributed by atoms with Gasteiger partial charge >= 0.3 is 0 Å². The van der Waals surface area contributed by atoms with Gasteiger partial charge in [-0.25, -0.2) is 0 Å². The highest BCUT2D eigenvalue weighted by molar-refractivity contribution is 5.79. The fourth-order valence-corrected chi connectivity index (χ4v) is 3.00. The molecule has 0 saturated carbocycles. The Kier molecular flexibility index (Phi) is 9.67. The molecule has 1 aromatic heterocycles. The van der Waals surface area contributed by atoms with E-state index in [4.69, 9.17) is 9.73 Å². The summed E-state index contributed by atoms with van der Waals surface area (Å²) in [6.07, 6.45) is 3.98. The molecule has 2 unspecified atom stereocenters. The second-order valence-electron chi connectivity index (χ2n) is 7.63. The smallest absolute Gasteiger partial charge is 0.191 e. The van der Waals surface area contributed by atoms with Crippen molar-refractivity contribution in [1.82, 2.24) is 25.3 Å². The van der Waals surface area contributed by atoms with Crippen molar-refractivity contribution in [1.29, 1.82) is 0 Å². The van der Waals surface area contributed by atoms with Crippen LogP contribution >= 0.6 is 0 Å². The summed E-state index contributed by atoms with van der Waals surface area (Å²) in [5.41, 5.74) is 2.38. The van der Waals surface area contributed by atoms with Crippen LogP contribution in [0.5, 0.6) is 0 Å². The second kappa shape index (κ2) is 12.2. The summed E-state index contributed by atoms with van der Waals surface area (Å²) in [6, 6.07) is 10.5. The Morgan fingerprint density at radius 3 is 2.62 bits per heavy atom. The minimum Gasteiger partial charge on any atom is -0.376 e. The average molecular weight is 401 g/mol. The SMILES string of the molecule is CCNC(=NCC(C)COCc1ccccc1)NCC(c1cnn(C)c1)N(C)C. The van der Waals surface area contributed by atoms with Crippen LogP contribution in [0.15, 0.2) is 47.7 Å². The monoisotopic (exact) mass is 400 g/mol. The fourth-order valence-electron chi connectivity index (χ4n) is 3.00. The molecular formula is C22H36N6O. The number of guanidine groups is 1. The summed E-state index contributed by atoms with van der Waals surface area (Å²) >= 11 is 0. The molecule has 0 bridgehead atoms. The van der Waals surface area contributed by atoms with E-state index in [-0.39, 0.29) is 6.04 Å². The summed E-state index contributed by atoms with van der Waals surface area (Å²) in [6.45, 7) is 7.86. The first kappa shape index (κ1) is 22.9. The number of hydrogen-bond acceptors (Lipinski definition) is 4. The molecular weight excluding hydrogens is 364 g/mol. The highest BCUT2D eigenvalue weighted by Crippen LogP contribution is 2.16. The summed E-state index contributed by atoms with van der Waals surface area (Å²) in [4.78, 5) is 6.93. The topological polar surface area (TPSA) is 66.7 Å². The molecule has 2 atom stereocenters. The van der Waals surface area contributed by atoms with Gasteiger partial charge in [-0.3, -0.25) is 9.67 Å². The molecule has 2 rings (SSSR count). The third-order valence-corrected chi connectivity index (χ3v) is 4.62. The molecule has 7 heteroatoms. The van der Waals surface area contributed by atoms with Gasteiger partial charge < -0.3 is 20.3 Å². The standard InChI is InChI=1S/C22H36N6O/c1-6-23-22(25-14-21(27(3)4)20-13-26-28(5)15-20)24-12-18(2)16-29-17-19-10-8-7-9-11-19/h7-11,13,15,18,21H,6,12,14,16-17H2,1-5H3,(H2,23,24,25). The van der Waals surface area contributed by atoms with Crippen molar-refractivity contribution >= 4 is 5.96 Å². The van der Waals surface area contributed by atoms with Crippen molar-refractivity contribution in [3.8, 4) is 0 Å². The third-order valence-electron chi connectivity index (χ3n) is 4.62. The Labute approximate surface area is 175 Å². The van der Waals surface area contributed by atoms with Gasteiger partial charge in [0.1, 0.15) is 0 Å². The predicted octanol–water partition coefficient (Wildman–Crippen LogP) is 2.43. The van der Waals surface area contributed by atoms with Gasteiger partial charge in [-0.05, 0) is 32.5 Å². The lowest BCUT2D eigenvalue weighted by Crippen LogP contribution is -2.42. The van der Waals surface area contributed by atoms with Crippen molar-refractivity contribution in [3.05, 3.63) is 53.9 Å². The van der Waals surface area contributed by atoms with Crippen LogP contribution in [-0.2, 0) is 18.4 Å². The number of benzene rings is 1. The first-order chi connectivity index (χ1) is 14.0. The summed E-state index contributed by atoms with van der Waals surface area (Å²) in [5.74, 6) is 1.18. The number of nitrogens with one attached hydrogen (secondary N) is 2. The van der Waals surface area contributed by atoms with Gasteiger partial charge in [-0.1, -0.05) is 37.3 Å². The number of hydrogen-bond donors (Lipinski definition) is 2. The van der Waals surface area contributed by atoms with E-state index < -0.39 is 0 Å². The van der Waals surface area contributed by atoms with Crippen LogP contribution < -0.4 is 10.6 Å². The predicted molar refractivity (Wildman–Crippen MR) is 119 cm³/mol. The highest BCUT2D eigenvalue weighted by atomic mass is 16.5. The van der Waals surface area contributed by atoms with Gasteiger partial charge in [0.05, 0.1) is 25.5 Å². The zero-order valence-electron chi connectivity index (χ0n) is 18.4. The van der Waals surface area contributed by atoms with Crippen LogP contribution in [-0.4, -0.2) is 61.0 Å². The minimum absolute atomic E-state index is 0.221. The maximum atomic E-state index is 5.84. The maximum absolute atomic E-state index is 5.84. The number of likely N-dealkylation sites (N-methyl/N-ethyl adjacent to an activating group) is 1. The van der Waals surface area contributed by atoms with Gasteiger partial charge in [-0.2, -0.15) is 5.10 Å². The zero-order chi connectivity index (χ0) is 21.1. The maximum Gasteiger partial charge on any atom is 0.191 e. The van der Waals surface area contributed by atoms with E-state index in [1.165, 1.54) is 11.1 Å². The van der Waals surface area contributed by atoms with E-state index in [2.05, 4.69) is 66.9 Å². The second-order valence-corrected chi connectivity index (χ2v) is 7.63. The van der Waals surface area contributed by atoms with Gasteiger partial charge in [0.2, 0.25) is 0 Å². The van der Waals surface area contributed by atoms with Crippen molar-refractivity contribution in [3.63, 3.8) is 0 Å². The number of ether oxygens (including phenoxy) is 1. The fraction of sp³-hybridized carbons (Fsp3) is 0.545. The first-order valence-corrected chi connectivity index (χ1v) is 10.3. The minimum atomic E-state index is 0.221. The van der Waals surface area contributed by atoms with Gasteiger partial charge in [0, 0.05) is 38.4 Å². The van der Waals surface area contributed by atoms with Crippen LogP contribution in [0.4, 0.5) is 0 Å². The summed E-state index contributed by atoms with van der Waals surface area (Å²) < 4.78 is 7.67. The third kappa shape index (κ3) is 8.25. The van der Waals surface area contributed by atoms with Crippen LogP contribution in [0.1, 0.15) is 31.0 Å². The van der Waals surface area contributed by atoms with Crippen LogP contribution in [0.25, 0.3) is 0 Å². The molecule has 0 spiro atoms. The van der Waals surface area contributed by atoms with E-state index in [0.717, 1.165) is 19.0 Å². The van der Waals surface area contributed by atoms with E-state index in [0.29, 0.717) is 25.7 Å². The Hall–Kier alpha value is -2.38. The molecule has 0 saturated heterocycles. The number of aromatic nitrogens is 2. The molecule has 2 aromatic rings. The summed E-state index contributed by atoms with van der Waals surface area (Å²) in [7, 11) is 6.10. The highest BCUT2D eigenvalue weighted by Gasteiger charge is 2.16. The number of rotatable bonds is 11. The first-order valence-electron chi connectivity index (χ1n) is 10.3. The molecule has 160 valence electrons. The molecule has 0 amide bonds.